The third-order valence-corrected chi connectivity index (χ3v) is 6.42. The van der Waals surface area contributed by atoms with Crippen LogP contribution in [0.3, 0.4) is 0 Å². The Bertz CT molecular complexity index is 824. The lowest BCUT2D eigenvalue weighted by Gasteiger charge is -2.38. The van der Waals surface area contributed by atoms with Crippen LogP contribution in [0.4, 0.5) is 4.39 Å². The number of hydrogen-bond acceptors (Lipinski definition) is 4. The topological polar surface area (TPSA) is 53.5 Å². The molecule has 2 amide bonds. The van der Waals surface area contributed by atoms with E-state index in [2.05, 4.69) is 11.9 Å². The van der Waals surface area contributed by atoms with Crippen molar-refractivity contribution in [3.63, 3.8) is 0 Å². The van der Waals surface area contributed by atoms with E-state index in [9.17, 15) is 14.0 Å². The highest BCUT2D eigenvalue weighted by atomic mass is 32.1. The molecule has 0 bridgehead atoms. The average Bonchev–Trinajstić information content (AvgIpc) is 3.14. The van der Waals surface area contributed by atoms with E-state index in [0.717, 1.165) is 23.4 Å². The molecule has 7 heteroatoms. The summed E-state index contributed by atoms with van der Waals surface area (Å²) in [5, 5.41) is 0.957. The van der Waals surface area contributed by atoms with Gasteiger partial charge in [-0.2, -0.15) is 0 Å². The van der Waals surface area contributed by atoms with E-state index in [-0.39, 0.29) is 29.5 Å². The standard InChI is InChI=1S/C20H24FN3O2S/c1-20(19-22-13-16(27-19)18(26)23(2)3)8-10-24(11-9-20)17(25)12-14-4-6-15(21)7-5-14/h4-7,13H,8-12H2,1-3H3. The maximum absolute atomic E-state index is 13.0. The fourth-order valence-electron chi connectivity index (χ4n) is 3.22. The van der Waals surface area contributed by atoms with Crippen LogP contribution in [0, 0.1) is 5.82 Å². The zero-order chi connectivity index (χ0) is 19.6. The Morgan fingerprint density at radius 1 is 1.22 bits per heavy atom. The minimum atomic E-state index is -0.296. The first kappa shape index (κ1) is 19.5. The maximum Gasteiger partial charge on any atom is 0.265 e. The quantitative estimate of drug-likeness (QED) is 0.807. The average molecular weight is 389 g/mol. The molecule has 1 aliphatic heterocycles. The third kappa shape index (κ3) is 4.35. The van der Waals surface area contributed by atoms with Crippen molar-refractivity contribution in [3.8, 4) is 0 Å². The zero-order valence-corrected chi connectivity index (χ0v) is 16.7. The van der Waals surface area contributed by atoms with E-state index < -0.39 is 0 Å². The van der Waals surface area contributed by atoms with E-state index in [1.165, 1.54) is 23.5 Å². The molecule has 27 heavy (non-hydrogen) atoms. The van der Waals surface area contributed by atoms with E-state index >= 15 is 0 Å². The number of nitrogens with zero attached hydrogens (tertiary/aromatic N) is 3. The normalized spacial score (nSPS) is 16.2. The van der Waals surface area contributed by atoms with Crippen LogP contribution in [-0.2, 0) is 16.6 Å². The molecule has 0 spiro atoms. The van der Waals surface area contributed by atoms with Gasteiger partial charge in [0.1, 0.15) is 10.7 Å². The van der Waals surface area contributed by atoms with Crippen LogP contribution in [0.2, 0.25) is 0 Å². The van der Waals surface area contributed by atoms with Crippen LogP contribution in [0.25, 0.3) is 0 Å². The molecule has 0 unspecified atom stereocenters. The number of rotatable bonds is 4. The number of thiazole rings is 1. The Kier molecular flexibility index (Phi) is 5.60. The maximum atomic E-state index is 13.0. The summed E-state index contributed by atoms with van der Waals surface area (Å²) in [6.07, 6.45) is 3.56. The number of halogens is 1. The molecule has 1 saturated heterocycles. The van der Waals surface area contributed by atoms with Gasteiger partial charge in [0.25, 0.3) is 5.91 Å². The zero-order valence-electron chi connectivity index (χ0n) is 15.9. The van der Waals surface area contributed by atoms with Crippen LogP contribution in [0.1, 0.15) is 40.0 Å². The van der Waals surface area contributed by atoms with Gasteiger partial charge in [0.2, 0.25) is 5.91 Å². The molecule has 0 atom stereocenters. The Morgan fingerprint density at radius 3 is 2.44 bits per heavy atom. The lowest BCUT2D eigenvalue weighted by molar-refractivity contribution is -0.132. The van der Waals surface area contributed by atoms with Crippen LogP contribution in [-0.4, -0.2) is 53.8 Å². The SMILES string of the molecule is CN(C)C(=O)c1cnc(C2(C)CCN(C(=O)Cc3ccc(F)cc3)CC2)s1. The molecule has 0 saturated carbocycles. The molecule has 2 aromatic rings. The molecule has 0 radical (unpaired) electrons. The fourth-order valence-corrected chi connectivity index (χ4v) is 4.36. The van der Waals surface area contributed by atoms with Crippen LogP contribution >= 0.6 is 11.3 Å². The van der Waals surface area contributed by atoms with Crippen LogP contribution < -0.4 is 0 Å². The van der Waals surface area contributed by atoms with Gasteiger partial charge in [-0.05, 0) is 30.5 Å². The van der Waals surface area contributed by atoms with E-state index in [1.54, 1.807) is 37.3 Å². The summed E-state index contributed by atoms with van der Waals surface area (Å²) in [5.74, 6) is -0.268. The highest BCUT2D eigenvalue weighted by Gasteiger charge is 2.36. The minimum absolute atomic E-state index is 0.0331. The van der Waals surface area contributed by atoms with Crippen molar-refractivity contribution in [2.75, 3.05) is 27.2 Å². The number of benzene rings is 1. The molecule has 1 aromatic carbocycles. The fraction of sp³-hybridized carbons (Fsp3) is 0.450. The summed E-state index contributed by atoms with van der Waals surface area (Å²) in [7, 11) is 3.46. The molecular weight excluding hydrogens is 365 g/mol. The second kappa shape index (κ2) is 7.76. The first-order chi connectivity index (χ1) is 12.8. The first-order valence-electron chi connectivity index (χ1n) is 8.99. The van der Waals surface area contributed by atoms with Gasteiger partial charge in [-0.3, -0.25) is 9.59 Å². The van der Waals surface area contributed by atoms with E-state index in [0.29, 0.717) is 18.0 Å². The van der Waals surface area contributed by atoms with Gasteiger partial charge in [-0.15, -0.1) is 11.3 Å². The van der Waals surface area contributed by atoms with E-state index in [4.69, 9.17) is 0 Å². The molecule has 144 valence electrons. The number of likely N-dealkylation sites (tertiary alicyclic amines) is 1. The Morgan fingerprint density at radius 2 is 1.85 bits per heavy atom. The monoisotopic (exact) mass is 389 g/mol. The molecule has 5 nitrogen and oxygen atoms in total. The summed E-state index contributed by atoms with van der Waals surface area (Å²) in [6.45, 7) is 3.47. The second-order valence-electron chi connectivity index (χ2n) is 7.47. The van der Waals surface area contributed by atoms with Crippen molar-refractivity contribution in [1.82, 2.24) is 14.8 Å². The Balaban J connectivity index is 1.61. The Labute approximate surface area is 162 Å². The molecule has 1 aromatic heterocycles. The second-order valence-corrected chi connectivity index (χ2v) is 8.50. The number of piperidine rings is 1. The lowest BCUT2D eigenvalue weighted by Crippen LogP contribution is -2.44. The number of amides is 2. The molecule has 3 rings (SSSR count). The smallest absolute Gasteiger partial charge is 0.265 e. The van der Waals surface area contributed by atoms with E-state index in [1.807, 2.05) is 4.90 Å². The van der Waals surface area contributed by atoms with Crippen molar-refractivity contribution in [3.05, 3.63) is 51.7 Å². The Hall–Kier alpha value is -2.28. The number of carbonyl (C=O) groups is 2. The first-order valence-corrected chi connectivity index (χ1v) is 9.80. The van der Waals surface area contributed by atoms with Gasteiger partial charge in [-0.1, -0.05) is 19.1 Å². The third-order valence-electron chi connectivity index (χ3n) is 5.13. The van der Waals surface area contributed by atoms with Gasteiger partial charge >= 0.3 is 0 Å². The molecule has 2 heterocycles. The van der Waals surface area contributed by atoms with Crippen molar-refractivity contribution < 1.29 is 14.0 Å². The highest BCUT2D eigenvalue weighted by Crippen LogP contribution is 2.37. The van der Waals surface area contributed by atoms with Gasteiger partial charge in [0.05, 0.1) is 17.6 Å². The van der Waals surface area contributed by atoms with Gasteiger partial charge in [0, 0.05) is 32.6 Å². The number of hydrogen-bond donors (Lipinski definition) is 0. The van der Waals surface area contributed by atoms with Gasteiger partial charge in [0.15, 0.2) is 0 Å². The molecule has 0 aliphatic carbocycles. The summed E-state index contributed by atoms with van der Waals surface area (Å²) in [5.41, 5.74) is 0.698. The molecular formula is C20H24FN3O2S. The summed E-state index contributed by atoms with van der Waals surface area (Å²) >= 11 is 1.45. The highest BCUT2D eigenvalue weighted by molar-refractivity contribution is 7.13. The summed E-state index contributed by atoms with van der Waals surface area (Å²) < 4.78 is 13.0. The number of aromatic nitrogens is 1. The van der Waals surface area contributed by atoms with Crippen molar-refractivity contribution in [2.45, 2.75) is 31.6 Å². The largest absolute Gasteiger partial charge is 0.344 e. The molecule has 0 N–H and O–H groups in total. The lowest BCUT2D eigenvalue weighted by atomic mass is 9.81. The van der Waals surface area contributed by atoms with Crippen molar-refractivity contribution in [1.29, 1.82) is 0 Å². The van der Waals surface area contributed by atoms with Crippen molar-refractivity contribution >= 4 is 23.2 Å². The number of carbonyl (C=O) groups excluding carboxylic acids is 2. The predicted molar refractivity (Wildman–Crippen MR) is 103 cm³/mol. The minimum Gasteiger partial charge on any atom is -0.344 e. The predicted octanol–water partition coefficient (Wildman–Crippen LogP) is 3.11. The van der Waals surface area contributed by atoms with Gasteiger partial charge < -0.3 is 9.80 Å². The van der Waals surface area contributed by atoms with Crippen molar-refractivity contribution in [2.24, 2.45) is 0 Å². The summed E-state index contributed by atoms with van der Waals surface area (Å²) in [6, 6.07) is 6.07. The molecule has 1 aliphatic rings. The van der Waals surface area contributed by atoms with Crippen LogP contribution in [0.5, 0.6) is 0 Å². The summed E-state index contributed by atoms with van der Waals surface area (Å²) in [4.78, 5) is 33.2. The van der Waals surface area contributed by atoms with Crippen LogP contribution in [0.15, 0.2) is 30.5 Å². The molecule has 1 fully saturated rings. The van der Waals surface area contributed by atoms with Gasteiger partial charge in [-0.25, -0.2) is 9.37 Å².